The van der Waals surface area contributed by atoms with Gasteiger partial charge < -0.3 is 24.6 Å². The molecule has 2 aromatic heterocycles. The molecule has 6 aromatic rings. The van der Waals surface area contributed by atoms with Crippen LogP contribution in [0.2, 0.25) is 0 Å². The third kappa shape index (κ3) is 5.74. The molecule has 1 saturated heterocycles. The molecule has 47 heavy (non-hydrogen) atoms. The molecule has 0 spiro atoms. The molecule has 0 saturated carbocycles. The molecular weight excluding hydrogens is 590 g/mol. The maximum Gasteiger partial charge on any atom is 0.167 e. The van der Waals surface area contributed by atoms with Crippen molar-refractivity contribution in [2.75, 3.05) is 12.4 Å². The molecule has 1 unspecified atom stereocenters. The van der Waals surface area contributed by atoms with Crippen LogP contribution < -0.4 is 10.1 Å². The minimum Gasteiger partial charge on any atom is -0.497 e. The van der Waals surface area contributed by atoms with Crippen LogP contribution in [0.1, 0.15) is 41.8 Å². The lowest BCUT2D eigenvalue weighted by Crippen LogP contribution is -2.38. The zero-order valence-electron chi connectivity index (χ0n) is 26.3. The standard InChI is InChI=1S/C38H37N5O4/c1-3-31-33(44)34(46-23-26-19-21-30(45-2)22-20-26)37(47-31)43-25-41-32-35(39-24-40-36(32)43)42-38(27-13-7-4-8-14-27,28-15-9-5-10-16-28)29-17-11-6-12-18-29/h4-22,24-25,31,33-34,37,44H,3,23H2,1-2H3,(H,39,40,42)/t31-,33+,34?,37-/m1/s1. The van der Waals surface area contributed by atoms with Gasteiger partial charge in [0.2, 0.25) is 0 Å². The van der Waals surface area contributed by atoms with E-state index in [0.29, 0.717) is 30.0 Å². The van der Waals surface area contributed by atoms with Crippen LogP contribution >= 0.6 is 0 Å². The first-order chi connectivity index (χ1) is 23.1. The van der Waals surface area contributed by atoms with Crippen molar-refractivity contribution in [2.45, 2.75) is 50.0 Å². The molecule has 238 valence electrons. The normalized spacial score (nSPS) is 19.6. The number of imidazole rings is 1. The zero-order valence-corrected chi connectivity index (χ0v) is 26.3. The molecule has 4 atom stereocenters. The monoisotopic (exact) mass is 627 g/mol. The number of aliphatic hydroxyl groups excluding tert-OH is 1. The van der Waals surface area contributed by atoms with Crippen LogP contribution in [0.25, 0.3) is 11.2 Å². The molecular formula is C38H37N5O4. The van der Waals surface area contributed by atoms with E-state index < -0.39 is 30.1 Å². The molecule has 4 aromatic carbocycles. The van der Waals surface area contributed by atoms with Gasteiger partial charge in [-0.2, -0.15) is 0 Å². The Bertz CT molecular complexity index is 1810. The van der Waals surface area contributed by atoms with Crippen molar-refractivity contribution in [3.63, 3.8) is 0 Å². The first-order valence-electron chi connectivity index (χ1n) is 15.8. The van der Waals surface area contributed by atoms with Crippen LogP contribution in [0.15, 0.2) is 128 Å². The summed E-state index contributed by atoms with van der Waals surface area (Å²) in [7, 11) is 1.64. The molecule has 1 fully saturated rings. The number of rotatable bonds is 11. The van der Waals surface area contributed by atoms with E-state index in [1.807, 2.05) is 90.4 Å². The number of ether oxygens (including phenoxy) is 3. The number of hydrogen-bond acceptors (Lipinski definition) is 8. The Balaban J connectivity index is 1.29. The van der Waals surface area contributed by atoms with E-state index in [9.17, 15) is 5.11 Å². The van der Waals surface area contributed by atoms with Gasteiger partial charge >= 0.3 is 0 Å². The quantitative estimate of drug-likeness (QED) is 0.157. The number of benzene rings is 4. The minimum atomic E-state index is -0.831. The lowest BCUT2D eigenvalue weighted by Gasteiger charge is -2.37. The van der Waals surface area contributed by atoms with Crippen LogP contribution in [0, 0.1) is 0 Å². The molecule has 2 N–H and O–H groups in total. The molecule has 0 radical (unpaired) electrons. The molecule has 0 bridgehead atoms. The molecule has 1 aliphatic heterocycles. The predicted molar refractivity (Wildman–Crippen MR) is 180 cm³/mol. The summed E-state index contributed by atoms with van der Waals surface area (Å²) in [6.07, 6.45) is 1.32. The molecule has 0 aliphatic carbocycles. The van der Waals surface area contributed by atoms with E-state index >= 15 is 0 Å². The van der Waals surface area contributed by atoms with Gasteiger partial charge in [-0.25, -0.2) is 15.0 Å². The molecule has 9 heteroatoms. The van der Waals surface area contributed by atoms with E-state index in [1.54, 1.807) is 13.4 Å². The molecule has 3 heterocycles. The fraction of sp³-hybridized carbons (Fsp3) is 0.237. The van der Waals surface area contributed by atoms with Crippen LogP contribution in [0.5, 0.6) is 5.75 Å². The van der Waals surface area contributed by atoms with Gasteiger partial charge in [0, 0.05) is 0 Å². The number of aliphatic hydroxyl groups is 1. The predicted octanol–water partition coefficient (Wildman–Crippen LogP) is 6.49. The first-order valence-corrected chi connectivity index (χ1v) is 15.8. The van der Waals surface area contributed by atoms with Crippen molar-refractivity contribution < 1.29 is 19.3 Å². The first kappa shape index (κ1) is 30.6. The SMILES string of the molecule is CC[C@H]1O[C@@H](n2cnc3c(NC(c4ccccc4)(c4ccccc4)c4ccccc4)ncnc32)C(OCc2ccc(OC)cc2)[C@H]1O. The van der Waals surface area contributed by atoms with Gasteiger partial charge in [-0.15, -0.1) is 0 Å². The molecule has 0 amide bonds. The highest BCUT2D eigenvalue weighted by molar-refractivity contribution is 5.84. The summed E-state index contributed by atoms with van der Waals surface area (Å²) < 4.78 is 19.9. The smallest absolute Gasteiger partial charge is 0.167 e. The summed E-state index contributed by atoms with van der Waals surface area (Å²) in [6, 6.07) is 38.7. The Morgan fingerprint density at radius 2 is 1.40 bits per heavy atom. The number of methoxy groups -OCH3 is 1. The van der Waals surface area contributed by atoms with Crippen molar-refractivity contribution in [3.8, 4) is 5.75 Å². The molecule has 9 nitrogen and oxygen atoms in total. The Morgan fingerprint density at radius 1 is 0.809 bits per heavy atom. The summed E-state index contributed by atoms with van der Waals surface area (Å²) in [5.74, 6) is 1.33. The van der Waals surface area contributed by atoms with E-state index in [0.717, 1.165) is 28.0 Å². The lowest BCUT2D eigenvalue weighted by molar-refractivity contribution is -0.0736. The summed E-state index contributed by atoms with van der Waals surface area (Å²) in [4.78, 5) is 14.2. The highest BCUT2D eigenvalue weighted by Crippen LogP contribution is 2.41. The summed E-state index contributed by atoms with van der Waals surface area (Å²) in [6.45, 7) is 2.29. The summed E-state index contributed by atoms with van der Waals surface area (Å²) >= 11 is 0. The Kier molecular flexibility index (Phi) is 8.67. The maximum absolute atomic E-state index is 11.3. The average molecular weight is 628 g/mol. The van der Waals surface area contributed by atoms with E-state index in [2.05, 4.69) is 46.7 Å². The second-order valence-corrected chi connectivity index (χ2v) is 11.6. The molecule has 1 aliphatic rings. The summed E-state index contributed by atoms with van der Waals surface area (Å²) in [5.41, 5.74) is 4.44. The van der Waals surface area contributed by atoms with Crippen LogP contribution in [0.3, 0.4) is 0 Å². The molecule has 7 rings (SSSR count). The number of aromatic nitrogens is 4. The van der Waals surface area contributed by atoms with Crippen LogP contribution in [0.4, 0.5) is 5.82 Å². The highest BCUT2D eigenvalue weighted by Gasteiger charge is 2.45. The third-order valence-electron chi connectivity index (χ3n) is 8.88. The lowest BCUT2D eigenvalue weighted by atomic mass is 9.77. The van der Waals surface area contributed by atoms with Gasteiger partial charge in [0.15, 0.2) is 23.2 Å². The van der Waals surface area contributed by atoms with Crippen molar-refractivity contribution in [1.82, 2.24) is 19.5 Å². The zero-order chi connectivity index (χ0) is 32.2. The second kappa shape index (κ2) is 13.3. The van der Waals surface area contributed by atoms with E-state index in [-0.39, 0.29) is 0 Å². The van der Waals surface area contributed by atoms with Crippen molar-refractivity contribution >= 4 is 17.0 Å². The van der Waals surface area contributed by atoms with Gasteiger partial charge in [0.1, 0.15) is 29.8 Å². The number of fused-ring (bicyclic) bond motifs is 1. The third-order valence-corrected chi connectivity index (χ3v) is 8.88. The van der Waals surface area contributed by atoms with Gasteiger partial charge in [-0.05, 0) is 40.8 Å². The Hall–Kier alpha value is -5.09. The van der Waals surface area contributed by atoms with Crippen molar-refractivity contribution in [2.24, 2.45) is 0 Å². The topological polar surface area (TPSA) is 104 Å². The minimum absolute atomic E-state index is 0.296. The second-order valence-electron chi connectivity index (χ2n) is 11.6. The Labute approximate surface area is 273 Å². The fourth-order valence-electron chi connectivity index (χ4n) is 6.46. The largest absolute Gasteiger partial charge is 0.497 e. The maximum atomic E-state index is 11.3. The van der Waals surface area contributed by atoms with E-state index in [4.69, 9.17) is 24.2 Å². The number of anilines is 1. The van der Waals surface area contributed by atoms with Crippen LogP contribution in [-0.2, 0) is 21.6 Å². The fourth-order valence-corrected chi connectivity index (χ4v) is 6.46. The number of nitrogens with zero attached hydrogens (tertiary/aromatic N) is 4. The average Bonchev–Trinajstić information content (AvgIpc) is 3.71. The van der Waals surface area contributed by atoms with Crippen molar-refractivity contribution in [3.05, 3.63) is 150 Å². The van der Waals surface area contributed by atoms with Gasteiger partial charge in [-0.1, -0.05) is 110 Å². The van der Waals surface area contributed by atoms with Crippen LogP contribution in [-0.4, -0.2) is 50.0 Å². The van der Waals surface area contributed by atoms with Gasteiger partial charge in [-0.3, -0.25) is 4.57 Å². The highest BCUT2D eigenvalue weighted by atomic mass is 16.6. The van der Waals surface area contributed by atoms with Crippen molar-refractivity contribution in [1.29, 1.82) is 0 Å². The van der Waals surface area contributed by atoms with Gasteiger partial charge in [0.05, 0.1) is 26.1 Å². The van der Waals surface area contributed by atoms with E-state index in [1.165, 1.54) is 6.33 Å². The number of nitrogens with one attached hydrogen (secondary N) is 1. The Morgan fingerprint density at radius 3 is 1.96 bits per heavy atom. The summed E-state index contributed by atoms with van der Waals surface area (Å²) in [5, 5.41) is 15.1. The van der Waals surface area contributed by atoms with Gasteiger partial charge in [0.25, 0.3) is 0 Å². The number of hydrogen-bond donors (Lipinski definition) is 2.